The van der Waals surface area contributed by atoms with Gasteiger partial charge < -0.3 is 20.4 Å². The number of carbonyl (C=O) groups excluding carboxylic acids is 2. The van der Waals surface area contributed by atoms with E-state index in [2.05, 4.69) is 53.5 Å². The molecule has 42 heavy (non-hydrogen) atoms. The summed E-state index contributed by atoms with van der Waals surface area (Å²) in [5.41, 5.74) is 3.73. The Balaban J connectivity index is 1.26. The monoisotopic (exact) mass is 566 g/mol. The van der Waals surface area contributed by atoms with E-state index in [1.54, 1.807) is 43.5 Å². The number of fused-ring (bicyclic) bond motifs is 2. The number of nitrogens with one attached hydrogen (secondary N) is 2. The molecular weight excluding hydrogens is 528 g/mol. The van der Waals surface area contributed by atoms with Crippen molar-refractivity contribution in [3.05, 3.63) is 71.7 Å². The van der Waals surface area contributed by atoms with Gasteiger partial charge in [-0.1, -0.05) is 32.9 Å². The smallest absolute Gasteiger partial charge is 0.270 e. The van der Waals surface area contributed by atoms with Gasteiger partial charge >= 0.3 is 0 Å². The van der Waals surface area contributed by atoms with Gasteiger partial charge in [0.1, 0.15) is 11.5 Å². The van der Waals surface area contributed by atoms with Crippen LogP contribution in [-0.2, 0) is 5.41 Å². The van der Waals surface area contributed by atoms with Crippen LogP contribution in [0.2, 0.25) is 0 Å². The van der Waals surface area contributed by atoms with Gasteiger partial charge in [-0.3, -0.25) is 14.2 Å². The molecule has 1 aromatic carbocycles. The Morgan fingerprint density at radius 2 is 1.81 bits per heavy atom. The minimum atomic E-state index is -0.127. The Hall–Kier alpha value is -4.31. The van der Waals surface area contributed by atoms with Crippen LogP contribution in [0, 0.1) is 5.92 Å². The van der Waals surface area contributed by atoms with Gasteiger partial charge in [0.05, 0.1) is 5.56 Å². The van der Waals surface area contributed by atoms with E-state index in [1.165, 1.54) is 18.4 Å². The van der Waals surface area contributed by atoms with E-state index in [0.29, 0.717) is 40.6 Å². The lowest BCUT2D eigenvalue weighted by atomic mass is 9.87. The standard InChI is InChI=1S/C32H38N8O2/c1-32(2,3)23-9-11-24(12-10-23)40-26(30(42)38(4)5)15-22-17-35-31(37-28(22)40)36-27-13-8-20(16-34-27)29(41)39-18-21-7-6-14-33-25(21)19-39/h8-13,15-17,21,25,33H,6-7,14,18-19H2,1-5H3,(H,34,35,36,37). The van der Waals surface area contributed by atoms with E-state index in [-0.39, 0.29) is 17.2 Å². The molecule has 0 saturated carbocycles. The van der Waals surface area contributed by atoms with E-state index in [4.69, 9.17) is 4.98 Å². The Bertz CT molecular complexity index is 1610. The van der Waals surface area contributed by atoms with Gasteiger partial charge in [0, 0.05) is 56.7 Å². The summed E-state index contributed by atoms with van der Waals surface area (Å²) in [5.74, 6) is 1.29. The Morgan fingerprint density at radius 3 is 2.48 bits per heavy atom. The number of carbonyl (C=O) groups is 2. The Labute approximate surface area is 246 Å². The number of pyridine rings is 1. The SMILES string of the molecule is CN(C)C(=O)c1cc2cnc(Nc3ccc(C(=O)N4CC5CCCNC5C4)cn3)nc2n1-c1ccc(C(C)(C)C)cc1. The van der Waals surface area contributed by atoms with Crippen molar-refractivity contribution < 1.29 is 9.59 Å². The molecule has 10 heteroatoms. The fraction of sp³-hybridized carbons (Fsp3) is 0.406. The predicted molar refractivity (Wildman–Crippen MR) is 164 cm³/mol. The number of rotatable bonds is 5. The van der Waals surface area contributed by atoms with Crippen LogP contribution in [-0.4, -0.2) is 80.9 Å². The average molecular weight is 567 g/mol. The second-order valence-corrected chi connectivity index (χ2v) is 12.6. The maximum absolute atomic E-state index is 13.2. The maximum Gasteiger partial charge on any atom is 0.270 e. The normalized spacial score (nSPS) is 18.6. The number of nitrogens with zero attached hydrogens (tertiary/aromatic N) is 6. The number of aromatic nitrogens is 4. The summed E-state index contributed by atoms with van der Waals surface area (Å²) in [6.07, 6.45) is 5.64. The molecule has 2 fully saturated rings. The van der Waals surface area contributed by atoms with Gasteiger partial charge in [-0.05, 0) is 66.6 Å². The predicted octanol–water partition coefficient (Wildman–Crippen LogP) is 4.38. The highest BCUT2D eigenvalue weighted by molar-refractivity contribution is 5.99. The van der Waals surface area contributed by atoms with Gasteiger partial charge in [-0.15, -0.1) is 0 Å². The topological polar surface area (TPSA) is 108 Å². The highest BCUT2D eigenvalue weighted by Crippen LogP contribution is 2.29. The summed E-state index contributed by atoms with van der Waals surface area (Å²) in [4.78, 5) is 43.5. The molecule has 2 N–H and O–H groups in total. The van der Waals surface area contributed by atoms with Crippen LogP contribution >= 0.6 is 0 Å². The van der Waals surface area contributed by atoms with Gasteiger partial charge in [-0.25, -0.2) is 9.97 Å². The van der Waals surface area contributed by atoms with E-state index in [0.717, 1.165) is 30.7 Å². The van der Waals surface area contributed by atoms with Gasteiger partial charge in [0.2, 0.25) is 5.95 Å². The van der Waals surface area contributed by atoms with E-state index in [1.807, 2.05) is 27.7 Å². The van der Waals surface area contributed by atoms with Gasteiger partial charge in [0.15, 0.2) is 5.65 Å². The van der Waals surface area contributed by atoms with Crippen molar-refractivity contribution in [1.82, 2.24) is 34.6 Å². The second kappa shape index (κ2) is 10.8. The van der Waals surface area contributed by atoms with E-state index >= 15 is 0 Å². The first kappa shape index (κ1) is 27.8. The van der Waals surface area contributed by atoms with Crippen molar-refractivity contribution in [1.29, 1.82) is 0 Å². The quantitative estimate of drug-likeness (QED) is 0.369. The molecule has 2 unspecified atom stereocenters. The third-order valence-electron chi connectivity index (χ3n) is 8.29. The van der Waals surface area contributed by atoms with Gasteiger partial charge in [0.25, 0.3) is 11.8 Å². The van der Waals surface area contributed by atoms with Crippen molar-refractivity contribution in [3.63, 3.8) is 0 Å². The number of benzene rings is 1. The molecule has 2 saturated heterocycles. The first-order chi connectivity index (χ1) is 20.1. The molecule has 6 rings (SSSR count). The third kappa shape index (κ3) is 5.34. The summed E-state index contributed by atoms with van der Waals surface area (Å²) < 4.78 is 1.87. The maximum atomic E-state index is 13.2. The number of hydrogen-bond donors (Lipinski definition) is 2. The molecule has 0 radical (unpaired) electrons. The van der Waals surface area contributed by atoms with E-state index in [9.17, 15) is 9.59 Å². The van der Waals surface area contributed by atoms with Crippen LogP contribution in [0.15, 0.2) is 54.9 Å². The number of likely N-dealkylation sites (tertiary alicyclic amines) is 1. The molecule has 2 aliphatic rings. The molecule has 0 spiro atoms. The molecule has 0 aliphatic carbocycles. The third-order valence-corrected chi connectivity index (χ3v) is 8.29. The van der Waals surface area contributed by atoms with E-state index < -0.39 is 0 Å². The molecule has 5 heterocycles. The highest BCUT2D eigenvalue weighted by Gasteiger charge is 2.36. The lowest BCUT2D eigenvalue weighted by Crippen LogP contribution is -2.41. The summed E-state index contributed by atoms with van der Waals surface area (Å²) in [7, 11) is 3.47. The lowest BCUT2D eigenvalue weighted by molar-refractivity contribution is 0.0784. The summed E-state index contributed by atoms with van der Waals surface area (Å²) in [6.45, 7) is 9.08. The fourth-order valence-corrected chi connectivity index (χ4v) is 5.91. The zero-order chi connectivity index (χ0) is 29.6. The van der Waals surface area contributed by atoms with Crippen molar-refractivity contribution in [2.24, 2.45) is 5.92 Å². The van der Waals surface area contributed by atoms with Crippen molar-refractivity contribution >= 4 is 34.6 Å². The van der Waals surface area contributed by atoms with Crippen molar-refractivity contribution in [3.8, 4) is 5.69 Å². The Kier molecular flexibility index (Phi) is 7.18. The molecule has 10 nitrogen and oxygen atoms in total. The summed E-state index contributed by atoms with van der Waals surface area (Å²) in [6, 6.07) is 14.0. The van der Waals surface area contributed by atoms with Crippen LogP contribution < -0.4 is 10.6 Å². The fourth-order valence-electron chi connectivity index (χ4n) is 5.91. The molecule has 2 atom stereocenters. The summed E-state index contributed by atoms with van der Waals surface area (Å²) in [5, 5.41) is 7.46. The minimum Gasteiger partial charge on any atom is -0.343 e. The average Bonchev–Trinajstić information content (AvgIpc) is 3.58. The molecule has 2 aliphatic heterocycles. The van der Waals surface area contributed by atoms with Crippen LogP contribution in [0.5, 0.6) is 0 Å². The number of hydrogen-bond acceptors (Lipinski definition) is 7. The van der Waals surface area contributed by atoms with Crippen LogP contribution in [0.4, 0.5) is 11.8 Å². The molecular formula is C32H38N8O2. The van der Waals surface area contributed by atoms with Crippen molar-refractivity contribution in [2.45, 2.75) is 45.1 Å². The van der Waals surface area contributed by atoms with Crippen LogP contribution in [0.3, 0.4) is 0 Å². The molecule has 3 aromatic heterocycles. The molecule has 4 aromatic rings. The number of amides is 2. The zero-order valence-corrected chi connectivity index (χ0v) is 24.9. The molecule has 2 amide bonds. The minimum absolute atomic E-state index is 0.00998. The number of anilines is 2. The molecule has 0 bridgehead atoms. The van der Waals surface area contributed by atoms with Crippen molar-refractivity contribution in [2.75, 3.05) is 39.0 Å². The number of piperidine rings is 1. The first-order valence-electron chi connectivity index (χ1n) is 14.6. The largest absolute Gasteiger partial charge is 0.343 e. The van der Waals surface area contributed by atoms with Crippen LogP contribution in [0.25, 0.3) is 16.7 Å². The first-order valence-corrected chi connectivity index (χ1v) is 14.6. The zero-order valence-electron chi connectivity index (χ0n) is 24.9. The summed E-state index contributed by atoms with van der Waals surface area (Å²) >= 11 is 0. The highest BCUT2D eigenvalue weighted by atomic mass is 16.2. The lowest BCUT2D eigenvalue weighted by Gasteiger charge is -2.24. The Morgan fingerprint density at radius 1 is 1.02 bits per heavy atom. The molecule has 218 valence electrons. The van der Waals surface area contributed by atoms with Gasteiger partial charge in [-0.2, -0.15) is 4.98 Å². The second-order valence-electron chi connectivity index (χ2n) is 12.6. The van der Waals surface area contributed by atoms with Crippen LogP contribution in [0.1, 0.15) is 60.0 Å².